The van der Waals surface area contributed by atoms with Gasteiger partial charge in [0.05, 0.1) is 12.7 Å². The molecule has 1 amide bonds. The van der Waals surface area contributed by atoms with Gasteiger partial charge in [-0.3, -0.25) is 14.6 Å². The Morgan fingerprint density at radius 3 is 2.71 bits per heavy atom. The van der Waals surface area contributed by atoms with Crippen LogP contribution in [0.2, 0.25) is 5.02 Å². The normalized spacial score (nSPS) is 16.0. The third-order valence-electron chi connectivity index (χ3n) is 5.79. The van der Waals surface area contributed by atoms with Gasteiger partial charge in [-0.05, 0) is 53.8 Å². The van der Waals surface area contributed by atoms with Crippen LogP contribution in [0.4, 0.5) is 0 Å². The fraction of sp³-hybridized carbons (Fsp3) is 0.160. The van der Waals surface area contributed by atoms with Crippen molar-refractivity contribution in [2.45, 2.75) is 19.5 Å². The highest BCUT2D eigenvalue weighted by atomic mass is 35.5. The monoisotopic (exact) mass is 494 g/mol. The summed E-state index contributed by atoms with van der Waals surface area (Å²) in [7, 11) is 1.48. The van der Waals surface area contributed by atoms with Crippen molar-refractivity contribution in [2.24, 2.45) is 0 Å². The van der Waals surface area contributed by atoms with Crippen LogP contribution in [0.25, 0.3) is 11.0 Å². The number of amides is 1. The number of hydrogen-bond acceptors (Lipinski definition) is 7. The molecule has 0 bridgehead atoms. The first-order chi connectivity index (χ1) is 16.4. The molecule has 9 heteroatoms. The number of fused-ring (bicyclic) bond motifs is 1. The lowest BCUT2D eigenvalue weighted by molar-refractivity contribution is -0.130. The van der Waals surface area contributed by atoms with E-state index in [1.807, 2.05) is 18.4 Å². The Balaban J connectivity index is 1.61. The van der Waals surface area contributed by atoms with Crippen LogP contribution in [0.3, 0.4) is 0 Å². The predicted octanol–water partition coefficient (Wildman–Crippen LogP) is 5.64. The van der Waals surface area contributed by atoms with Gasteiger partial charge in [-0.2, -0.15) is 0 Å². The first kappa shape index (κ1) is 22.2. The molecule has 0 saturated carbocycles. The van der Waals surface area contributed by atoms with E-state index < -0.39 is 23.5 Å². The molecule has 4 heterocycles. The summed E-state index contributed by atoms with van der Waals surface area (Å²) < 4.78 is 11.2. The molecule has 3 aromatic heterocycles. The lowest BCUT2D eigenvalue weighted by atomic mass is 9.98. The average Bonchev–Trinajstić information content (AvgIpc) is 3.51. The number of aliphatic hydroxyl groups excluding tert-OH is 1. The summed E-state index contributed by atoms with van der Waals surface area (Å²) in [6, 6.07) is 9.53. The summed E-state index contributed by atoms with van der Waals surface area (Å²) in [5.41, 5.74) is 2.08. The number of halogens is 1. The summed E-state index contributed by atoms with van der Waals surface area (Å²) in [5.74, 6) is -1.41. The molecule has 1 aliphatic rings. The Labute approximate surface area is 203 Å². The first-order valence-electron chi connectivity index (χ1n) is 10.4. The van der Waals surface area contributed by atoms with Crippen LogP contribution in [-0.2, 0) is 11.3 Å². The van der Waals surface area contributed by atoms with Gasteiger partial charge in [-0.15, -0.1) is 11.3 Å². The van der Waals surface area contributed by atoms with Crippen LogP contribution in [-0.4, -0.2) is 33.8 Å². The maximum absolute atomic E-state index is 13.7. The molecule has 0 spiro atoms. The largest absolute Gasteiger partial charge is 0.503 e. The highest BCUT2D eigenvalue weighted by Crippen LogP contribution is 2.44. The van der Waals surface area contributed by atoms with Crippen LogP contribution in [0.1, 0.15) is 32.6 Å². The molecule has 0 aliphatic carbocycles. The Kier molecular flexibility index (Phi) is 5.63. The molecule has 172 valence electrons. The van der Waals surface area contributed by atoms with E-state index in [-0.39, 0.29) is 17.9 Å². The van der Waals surface area contributed by atoms with Crippen molar-refractivity contribution in [3.8, 4) is 5.75 Å². The van der Waals surface area contributed by atoms with E-state index in [1.54, 1.807) is 42.7 Å². The number of ether oxygens (including phenoxy) is 1. The highest BCUT2D eigenvalue weighted by molar-refractivity contribution is 7.10. The van der Waals surface area contributed by atoms with Crippen molar-refractivity contribution in [3.05, 3.63) is 92.3 Å². The third-order valence-corrected chi connectivity index (χ3v) is 7.08. The van der Waals surface area contributed by atoms with Crippen molar-refractivity contribution in [3.63, 3.8) is 0 Å². The maximum Gasteiger partial charge on any atom is 0.290 e. The molecule has 0 fully saturated rings. The van der Waals surface area contributed by atoms with Crippen molar-refractivity contribution in [2.75, 3.05) is 7.11 Å². The van der Waals surface area contributed by atoms with Crippen molar-refractivity contribution in [1.29, 1.82) is 0 Å². The lowest BCUT2D eigenvalue weighted by Crippen LogP contribution is -2.30. The van der Waals surface area contributed by atoms with Gasteiger partial charge in [-0.1, -0.05) is 11.6 Å². The van der Waals surface area contributed by atoms with E-state index in [4.69, 9.17) is 20.8 Å². The molecule has 1 atom stereocenters. The third kappa shape index (κ3) is 3.65. The summed E-state index contributed by atoms with van der Waals surface area (Å²) in [6.07, 6.45) is 3.26. The number of Topliss-reactive ketones (excluding diaryl/α,β-unsaturated/α-hetero) is 1. The van der Waals surface area contributed by atoms with Gasteiger partial charge in [0.1, 0.15) is 6.04 Å². The number of carbonyl (C=O) groups excluding carboxylic acids is 2. The number of methoxy groups -OCH3 is 1. The molecule has 0 radical (unpaired) electrons. The van der Waals surface area contributed by atoms with E-state index in [9.17, 15) is 14.7 Å². The number of carbonyl (C=O) groups is 2. The topological polar surface area (TPSA) is 92.9 Å². The summed E-state index contributed by atoms with van der Waals surface area (Å²) in [4.78, 5) is 33.2. The second-order valence-electron chi connectivity index (χ2n) is 7.89. The smallest absolute Gasteiger partial charge is 0.290 e. The zero-order valence-electron chi connectivity index (χ0n) is 18.2. The van der Waals surface area contributed by atoms with Crippen LogP contribution >= 0.6 is 22.9 Å². The first-order valence-corrected chi connectivity index (χ1v) is 11.6. The van der Waals surface area contributed by atoms with E-state index in [1.165, 1.54) is 23.3 Å². The van der Waals surface area contributed by atoms with Gasteiger partial charge < -0.3 is 19.2 Å². The molecule has 7 nitrogen and oxygen atoms in total. The van der Waals surface area contributed by atoms with E-state index in [0.29, 0.717) is 21.7 Å². The fourth-order valence-electron chi connectivity index (χ4n) is 4.15. The number of rotatable bonds is 6. The van der Waals surface area contributed by atoms with Crippen LogP contribution in [0.15, 0.2) is 69.9 Å². The van der Waals surface area contributed by atoms with Crippen LogP contribution in [0, 0.1) is 6.92 Å². The number of pyridine rings is 1. The van der Waals surface area contributed by atoms with Gasteiger partial charge in [0.15, 0.2) is 22.9 Å². The molecule has 4 aromatic rings. The second-order valence-corrected chi connectivity index (χ2v) is 9.27. The molecular formula is C25H19ClN2O5S. The number of aryl methyl sites for hydroxylation is 1. The van der Waals surface area contributed by atoms with E-state index >= 15 is 0 Å². The number of aliphatic hydroxyl groups is 1. The highest BCUT2D eigenvalue weighted by Gasteiger charge is 2.45. The second kappa shape index (κ2) is 8.62. The Morgan fingerprint density at radius 1 is 1.26 bits per heavy atom. The van der Waals surface area contributed by atoms with Gasteiger partial charge in [-0.25, -0.2) is 0 Å². The SMILES string of the molecule is COc1cc(Cl)cc2cc(C(=O)C3=C(O)C(=O)N(Cc4ccncc4)C3c3sccc3C)oc12. The van der Waals surface area contributed by atoms with E-state index in [2.05, 4.69) is 4.98 Å². The summed E-state index contributed by atoms with van der Waals surface area (Å²) >= 11 is 7.58. The standard InChI is InChI=1S/C25H19ClN2O5S/c1-13-5-8-34-24(13)20-19(22(30)25(31)28(20)12-14-3-6-27-7-4-14)21(29)17-10-15-9-16(26)11-18(32-2)23(15)33-17/h3-11,20,30H,12H2,1-2H3. The zero-order valence-corrected chi connectivity index (χ0v) is 19.8. The minimum absolute atomic E-state index is 0.0186. The number of furan rings is 1. The molecule has 1 unspecified atom stereocenters. The molecule has 1 N–H and O–H groups in total. The molecular weight excluding hydrogens is 476 g/mol. The zero-order chi connectivity index (χ0) is 24.0. The molecule has 0 saturated heterocycles. The number of nitrogens with zero attached hydrogens (tertiary/aromatic N) is 2. The van der Waals surface area contributed by atoms with Crippen LogP contribution in [0.5, 0.6) is 5.75 Å². The van der Waals surface area contributed by atoms with Crippen molar-refractivity contribution >= 4 is 45.6 Å². The molecule has 34 heavy (non-hydrogen) atoms. The van der Waals surface area contributed by atoms with Gasteiger partial charge in [0.25, 0.3) is 5.91 Å². The van der Waals surface area contributed by atoms with E-state index in [0.717, 1.165) is 16.0 Å². The minimum atomic E-state index is -0.758. The molecule has 1 aromatic carbocycles. The Bertz CT molecular complexity index is 1460. The maximum atomic E-state index is 13.7. The number of thiophene rings is 1. The van der Waals surface area contributed by atoms with Gasteiger partial charge in [0, 0.05) is 40.3 Å². The quantitative estimate of drug-likeness (QED) is 0.349. The van der Waals surface area contributed by atoms with Crippen LogP contribution < -0.4 is 4.74 Å². The number of benzene rings is 1. The minimum Gasteiger partial charge on any atom is -0.503 e. The molecule has 5 rings (SSSR count). The fourth-order valence-corrected chi connectivity index (χ4v) is 5.42. The summed E-state index contributed by atoms with van der Waals surface area (Å²) in [6.45, 7) is 2.11. The molecule has 1 aliphatic heterocycles. The number of hydrogen-bond donors (Lipinski definition) is 1. The van der Waals surface area contributed by atoms with Crippen molar-refractivity contribution in [1.82, 2.24) is 9.88 Å². The van der Waals surface area contributed by atoms with Crippen molar-refractivity contribution < 1.29 is 23.8 Å². The Hall–Kier alpha value is -3.62. The van der Waals surface area contributed by atoms with Gasteiger partial charge in [0.2, 0.25) is 5.78 Å². The number of aromatic nitrogens is 1. The summed E-state index contributed by atoms with van der Waals surface area (Å²) in [5, 5.41) is 13.8. The lowest BCUT2D eigenvalue weighted by Gasteiger charge is -2.26. The Morgan fingerprint density at radius 2 is 2.03 bits per heavy atom. The average molecular weight is 495 g/mol. The van der Waals surface area contributed by atoms with Gasteiger partial charge >= 0.3 is 0 Å². The predicted molar refractivity (Wildman–Crippen MR) is 128 cm³/mol. The number of ketones is 1.